The van der Waals surface area contributed by atoms with Gasteiger partial charge in [-0.05, 0) is 11.8 Å². The standard InChI is InChI=1S/C12H23NO3/c1-12(2,3)7-10-8-13(5-6-16-10)11(14)9-15-4/h10H,5-9H2,1-4H3/t10-/m0/s1. The highest BCUT2D eigenvalue weighted by molar-refractivity contribution is 5.77. The van der Waals surface area contributed by atoms with E-state index in [2.05, 4.69) is 20.8 Å². The van der Waals surface area contributed by atoms with Crippen LogP contribution in [0.1, 0.15) is 27.2 Å². The Bertz CT molecular complexity index is 235. The Hall–Kier alpha value is -0.610. The highest BCUT2D eigenvalue weighted by Crippen LogP contribution is 2.24. The molecule has 1 fully saturated rings. The number of amides is 1. The number of hydrogen-bond acceptors (Lipinski definition) is 3. The molecule has 4 heteroatoms. The summed E-state index contributed by atoms with van der Waals surface area (Å²) in [4.78, 5) is 13.5. The summed E-state index contributed by atoms with van der Waals surface area (Å²) in [6.07, 6.45) is 1.14. The zero-order valence-corrected chi connectivity index (χ0v) is 10.8. The SMILES string of the molecule is COCC(=O)N1CCO[C@@H](CC(C)(C)C)C1. The third-order valence-corrected chi connectivity index (χ3v) is 2.60. The molecule has 1 amide bonds. The van der Waals surface area contributed by atoms with Crippen LogP contribution in [0.25, 0.3) is 0 Å². The Morgan fingerprint density at radius 3 is 2.75 bits per heavy atom. The van der Waals surface area contributed by atoms with Crippen LogP contribution < -0.4 is 0 Å². The Balaban J connectivity index is 2.44. The predicted molar refractivity (Wildman–Crippen MR) is 62.3 cm³/mol. The molecule has 0 radical (unpaired) electrons. The van der Waals surface area contributed by atoms with E-state index in [-0.39, 0.29) is 24.0 Å². The minimum absolute atomic E-state index is 0.0599. The second-order valence-corrected chi connectivity index (χ2v) is 5.53. The Kier molecular flexibility index (Phi) is 4.74. The van der Waals surface area contributed by atoms with E-state index in [9.17, 15) is 4.79 Å². The molecule has 1 rings (SSSR count). The first-order valence-electron chi connectivity index (χ1n) is 5.81. The summed E-state index contributed by atoms with van der Waals surface area (Å²) in [5.74, 6) is 0.0599. The smallest absolute Gasteiger partial charge is 0.248 e. The number of methoxy groups -OCH3 is 1. The fourth-order valence-electron chi connectivity index (χ4n) is 1.97. The number of hydrogen-bond donors (Lipinski definition) is 0. The number of carbonyl (C=O) groups excluding carboxylic acids is 1. The van der Waals surface area contributed by atoms with Gasteiger partial charge in [0.05, 0.1) is 12.7 Å². The molecule has 1 heterocycles. The van der Waals surface area contributed by atoms with E-state index in [1.807, 2.05) is 4.90 Å². The maximum Gasteiger partial charge on any atom is 0.248 e. The second kappa shape index (κ2) is 5.64. The van der Waals surface area contributed by atoms with Gasteiger partial charge in [0.15, 0.2) is 0 Å². The highest BCUT2D eigenvalue weighted by Gasteiger charge is 2.27. The van der Waals surface area contributed by atoms with Crippen molar-refractivity contribution in [2.24, 2.45) is 5.41 Å². The molecular weight excluding hydrogens is 206 g/mol. The minimum Gasteiger partial charge on any atom is -0.375 e. The molecular formula is C12H23NO3. The first-order valence-corrected chi connectivity index (χ1v) is 5.81. The van der Waals surface area contributed by atoms with Crippen LogP contribution in [0.4, 0.5) is 0 Å². The summed E-state index contributed by atoms with van der Waals surface area (Å²) >= 11 is 0. The lowest BCUT2D eigenvalue weighted by atomic mass is 9.88. The lowest BCUT2D eigenvalue weighted by molar-refractivity contribution is -0.143. The molecule has 0 unspecified atom stereocenters. The molecule has 94 valence electrons. The van der Waals surface area contributed by atoms with Gasteiger partial charge in [0, 0.05) is 20.2 Å². The highest BCUT2D eigenvalue weighted by atomic mass is 16.5. The van der Waals surface area contributed by atoms with Gasteiger partial charge in [-0.3, -0.25) is 4.79 Å². The van der Waals surface area contributed by atoms with Crippen LogP contribution in [-0.2, 0) is 14.3 Å². The summed E-state index contributed by atoms with van der Waals surface area (Å²) in [6, 6.07) is 0. The van der Waals surface area contributed by atoms with Gasteiger partial charge in [0.25, 0.3) is 0 Å². The average molecular weight is 229 g/mol. The monoisotopic (exact) mass is 229 g/mol. The van der Waals surface area contributed by atoms with E-state index in [1.54, 1.807) is 7.11 Å². The molecule has 0 aliphatic carbocycles. The van der Waals surface area contributed by atoms with Crippen molar-refractivity contribution in [3.63, 3.8) is 0 Å². The number of rotatable bonds is 3. The van der Waals surface area contributed by atoms with Gasteiger partial charge in [-0.2, -0.15) is 0 Å². The van der Waals surface area contributed by atoms with Gasteiger partial charge in [-0.25, -0.2) is 0 Å². The first kappa shape index (κ1) is 13.5. The summed E-state index contributed by atoms with van der Waals surface area (Å²) < 4.78 is 10.5. The molecule has 16 heavy (non-hydrogen) atoms. The van der Waals surface area contributed by atoms with E-state index >= 15 is 0 Å². The lowest BCUT2D eigenvalue weighted by Gasteiger charge is -2.35. The van der Waals surface area contributed by atoms with E-state index in [4.69, 9.17) is 9.47 Å². The zero-order chi connectivity index (χ0) is 12.2. The molecule has 4 nitrogen and oxygen atoms in total. The molecule has 1 aliphatic rings. The lowest BCUT2D eigenvalue weighted by Crippen LogP contribution is -2.47. The maximum atomic E-state index is 11.7. The van der Waals surface area contributed by atoms with E-state index in [0.29, 0.717) is 19.7 Å². The van der Waals surface area contributed by atoms with Gasteiger partial charge in [0.1, 0.15) is 6.61 Å². The van der Waals surface area contributed by atoms with Crippen molar-refractivity contribution in [1.82, 2.24) is 4.90 Å². The fourth-order valence-corrected chi connectivity index (χ4v) is 1.97. The van der Waals surface area contributed by atoms with Gasteiger partial charge in [-0.1, -0.05) is 20.8 Å². The van der Waals surface area contributed by atoms with Crippen molar-refractivity contribution in [2.75, 3.05) is 33.4 Å². The van der Waals surface area contributed by atoms with Gasteiger partial charge < -0.3 is 14.4 Å². The Morgan fingerprint density at radius 2 is 2.19 bits per heavy atom. The van der Waals surface area contributed by atoms with Gasteiger partial charge in [-0.15, -0.1) is 0 Å². The molecule has 0 bridgehead atoms. The molecule has 0 spiro atoms. The summed E-state index contributed by atoms with van der Waals surface area (Å²) in [7, 11) is 1.55. The fraction of sp³-hybridized carbons (Fsp3) is 0.917. The van der Waals surface area contributed by atoms with E-state index in [1.165, 1.54) is 0 Å². The van der Waals surface area contributed by atoms with Crippen LogP contribution in [-0.4, -0.2) is 50.3 Å². The molecule has 1 aliphatic heterocycles. The number of ether oxygens (including phenoxy) is 2. The molecule has 0 saturated carbocycles. The van der Waals surface area contributed by atoms with E-state index < -0.39 is 0 Å². The van der Waals surface area contributed by atoms with Crippen LogP contribution >= 0.6 is 0 Å². The van der Waals surface area contributed by atoms with Crippen molar-refractivity contribution in [3.8, 4) is 0 Å². The molecule has 0 aromatic rings. The van der Waals surface area contributed by atoms with E-state index in [0.717, 1.165) is 6.42 Å². The average Bonchev–Trinajstić information content (AvgIpc) is 2.16. The van der Waals surface area contributed by atoms with Gasteiger partial charge in [0.2, 0.25) is 5.91 Å². The maximum absolute atomic E-state index is 11.7. The van der Waals surface area contributed by atoms with Crippen LogP contribution in [0.5, 0.6) is 0 Å². The third-order valence-electron chi connectivity index (χ3n) is 2.60. The van der Waals surface area contributed by atoms with Gasteiger partial charge >= 0.3 is 0 Å². The molecule has 0 aromatic heterocycles. The number of carbonyl (C=O) groups is 1. The molecule has 1 atom stereocenters. The van der Waals surface area contributed by atoms with Crippen LogP contribution in [0.2, 0.25) is 0 Å². The zero-order valence-electron chi connectivity index (χ0n) is 10.8. The van der Waals surface area contributed by atoms with Crippen LogP contribution in [0, 0.1) is 5.41 Å². The van der Waals surface area contributed by atoms with Crippen molar-refractivity contribution < 1.29 is 14.3 Å². The number of morpholine rings is 1. The number of nitrogens with zero attached hydrogens (tertiary/aromatic N) is 1. The topological polar surface area (TPSA) is 38.8 Å². The molecule has 0 aromatic carbocycles. The second-order valence-electron chi connectivity index (χ2n) is 5.53. The third kappa shape index (κ3) is 4.49. The van der Waals surface area contributed by atoms with Crippen LogP contribution in [0.3, 0.4) is 0 Å². The normalized spacial score (nSPS) is 22.2. The molecule has 1 saturated heterocycles. The summed E-state index contributed by atoms with van der Waals surface area (Å²) in [6.45, 7) is 8.74. The van der Waals surface area contributed by atoms with Crippen molar-refractivity contribution in [1.29, 1.82) is 0 Å². The Morgan fingerprint density at radius 1 is 1.50 bits per heavy atom. The first-order chi connectivity index (χ1) is 7.42. The van der Waals surface area contributed by atoms with Crippen LogP contribution in [0.15, 0.2) is 0 Å². The van der Waals surface area contributed by atoms with Crippen molar-refractivity contribution in [2.45, 2.75) is 33.3 Å². The quantitative estimate of drug-likeness (QED) is 0.732. The minimum atomic E-state index is 0.0599. The largest absolute Gasteiger partial charge is 0.375 e. The Labute approximate surface area is 97.9 Å². The molecule has 0 N–H and O–H groups in total. The van der Waals surface area contributed by atoms with Crippen molar-refractivity contribution in [3.05, 3.63) is 0 Å². The predicted octanol–water partition coefficient (Wildman–Crippen LogP) is 1.30. The summed E-state index contributed by atoms with van der Waals surface area (Å²) in [5, 5.41) is 0. The summed E-state index contributed by atoms with van der Waals surface area (Å²) in [5.41, 5.74) is 0.234. The van der Waals surface area contributed by atoms with Crippen molar-refractivity contribution >= 4 is 5.91 Å².